The van der Waals surface area contributed by atoms with Gasteiger partial charge in [-0.25, -0.2) is 0 Å². The Morgan fingerprint density at radius 3 is 2.50 bits per heavy atom. The molecule has 1 aromatic carbocycles. The van der Waals surface area contributed by atoms with Crippen molar-refractivity contribution in [2.75, 3.05) is 6.54 Å². The topological polar surface area (TPSA) is 12.0 Å². The van der Waals surface area contributed by atoms with Crippen LogP contribution in [-0.2, 0) is 12.0 Å². The average molecular weight is 289 g/mol. The number of nitrogens with one attached hydrogen (secondary N) is 1. The quantitative estimate of drug-likeness (QED) is 0.810. The van der Waals surface area contributed by atoms with Gasteiger partial charge < -0.3 is 5.32 Å². The Labute approximate surface area is 127 Å². The van der Waals surface area contributed by atoms with Crippen molar-refractivity contribution in [2.45, 2.75) is 53.5 Å². The molecule has 0 bridgehead atoms. The zero-order chi connectivity index (χ0) is 14.9. The highest BCUT2D eigenvalue weighted by atomic mass is 32.1. The van der Waals surface area contributed by atoms with Crippen molar-refractivity contribution in [3.05, 3.63) is 34.2 Å². The summed E-state index contributed by atoms with van der Waals surface area (Å²) < 4.78 is 1.46. The Balaban J connectivity index is 2.44. The summed E-state index contributed by atoms with van der Waals surface area (Å²) in [6.07, 6.45) is 0. The maximum absolute atomic E-state index is 3.60. The van der Waals surface area contributed by atoms with Crippen LogP contribution in [0.2, 0.25) is 0 Å². The first-order valence-electron chi connectivity index (χ1n) is 7.53. The van der Waals surface area contributed by atoms with E-state index in [0.29, 0.717) is 5.92 Å². The molecule has 2 rings (SSSR count). The van der Waals surface area contributed by atoms with E-state index < -0.39 is 0 Å². The summed E-state index contributed by atoms with van der Waals surface area (Å²) in [6, 6.07) is 6.69. The molecule has 0 amide bonds. The molecule has 0 aliphatic carbocycles. The summed E-state index contributed by atoms with van der Waals surface area (Å²) in [7, 11) is 0. The third-order valence-electron chi connectivity index (χ3n) is 3.57. The number of thiophene rings is 1. The van der Waals surface area contributed by atoms with Crippen molar-refractivity contribution in [3.8, 4) is 0 Å². The Morgan fingerprint density at radius 1 is 1.20 bits per heavy atom. The van der Waals surface area contributed by atoms with Crippen molar-refractivity contribution in [1.29, 1.82) is 0 Å². The van der Waals surface area contributed by atoms with E-state index >= 15 is 0 Å². The molecule has 20 heavy (non-hydrogen) atoms. The SMILES string of the molecule is Cc1cccc2c(C(C)(C)C)c(CNCC(C)C)sc12. The molecule has 0 radical (unpaired) electrons. The molecule has 2 aromatic rings. The van der Waals surface area contributed by atoms with Gasteiger partial charge >= 0.3 is 0 Å². The third kappa shape index (κ3) is 3.24. The van der Waals surface area contributed by atoms with Gasteiger partial charge in [-0.15, -0.1) is 11.3 Å². The number of aryl methyl sites for hydroxylation is 1. The van der Waals surface area contributed by atoms with Gasteiger partial charge in [0.25, 0.3) is 0 Å². The lowest BCUT2D eigenvalue weighted by Crippen LogP contribution is -2.21. The van der Waals surface area contributed by atoms with Crippen LogP contribution in [0.25, 0.3) is 10.1 Å². The van der Waals surface area contributed by atoms with Gasteiger partial charge in [0.2, 0.25) is 0 Å². The smallest absolute Gasteiger partial charge is 0.0378 e. The monoisotopic (exact) mass is 289 g/mol. The second-order valence-corrected chi connectivity index (χ2v) is 8.23. The van der Waals surface area contributed by atoms with E-state index in [9.17, 15) is 0 Å². The summed E-state index contributed by atoms with van der Waals surface area (Å²) >= 11 is 1.97. The van der Waals surface area contributed by atoms with Crippen LogP contribution in [0.3, 0.4) is 0 Å². The molecule has 1 heterocycles. The van der Waals surface area contributed by atoms with E-state index in [1.54, 1.807) is 0 Å². The van der Waals surface area contributed by atoms with Gasteiger partial charge in [0.05, 0.1) is 0 Å². The molecule has 2 heteroatoms. The average Bonchev–Trinajstić information content (AvgIpc) is 2.68. The summed E-state index contributed by atoms with van der Waals surface area (Å²) in [5.74, 6) is 0.698. The van der Waals surface area contributed by atoms with Crippen molar-refractivity contribution in [2.24, 2.45) is 5.92 Å². The Kier molecular flexibility index (Phi) is 4.55. The van der Waals surface area contributed by atoms with Gasteiger partial charge in [0.1, 0.15) is 0 Å². The standard InChI is InChI=1S/C18H27NS/c1-12(2)10-19-11-15-16(18(4,5)6)14-9-7-8-13(3)17(14)20-15/h7-9,12,19H,10-11H2,1-6H3. The number of fused-ring (bicyclic) bond motifs is 1. The third-order valence-corrected chi connectivity index (χ3v) is 4.91. The first-order chi connectivity index (χ1) is 9.30. The predicted octanol–water partition coefficient (Wildman–Crippen LogP) is 5.25. The molecule has 110 valence electrons. The number of benzene rings is 1. The largest absolute Gasteiger partial charge is 0.312 e. The van der Waals surface area contributed by atoms with Crippen molar-refractivity contribution in [1.82, 2.24) is 5.32 Å². The Bertz CT molecular complexity index is 587. The summed E-state index contributed by atoms with van der Waals surface area (Å²) in [6.45, 7) is 15.8. The summed E-state index contributed by atoms with van der Waals surface area (Å²) in [5.41, 5.74) is 3.12. The van der Waals surface area contributed by atoms with E-state index in [2.05, 4.69) is 65.1 Å². The fourth-order valence-electron chi connectivity index (χ4n) is 2.73. The molecule has 1 N–H and O–H groups in total. The Morgan fingerprint density at radius 2 is 1.90 bits per heavy atom. The van der Waals surface area contributed by atoms with Crippen LogP contribution in [0.1, 0.15) is 50.6 Å². The number of hydrogen-bond acceptors (Lipinski definition) is 2. The Hall–Kier alpha value is -0.860. The molecule has 0 atom stereocenters. The molecule has 0 saturated heterocycles. The molecule has 0 saturated carbocycles. The van der Waals surface area contributed by atoms with Gasteiger partial charge in [0.15, 0.2) is 0 Å². The highest BCUT2D eigenvalue weighted by Crippen LogP contribution is 2.40. The summed E-state index contributed by atoms with van der Waals surface area (Å²) in [5, 5.41) is 5.05. The maximum atomic E-state index is 3.60. The number of rotatable bonds is 4. The van der Waals surface area contributed by atoms with E-state index in [1.165, 1.54) is 26.1 Å². The minimum atomic E-state index is 0.195. The molecule has 0 fully saturated rings. The highest BCUT2D eigenvalue weighted by molar-refractivity contribution is 7.19. The fraction of sp³-hybridized carbons (Fsp3) is 0.556. The molecule has 0 aliphatic rings. The number of hydrogen-bond donors (Lipinski definition) is 1. The second-order valence-electron chi connectivity index (χ2n) is 7.13. The van der Waals surface area contributed by atoms with Crippen LogP contribution in [0.15, 0.2) is 18.2 Å². The lowest BCUT2D eigenvalue weighted by Gasteiger charge is -2.21. The molecular formula is C18H27NS. The van der Waals surface area contributed by atoms with E-state index in [4.69, 9.17) is 0 Å². The molecule has 0 unspecified atom stereocenters. The second kappa shape index (κ2) is 5.87. The minimum absolute atomic E-state index is 0.195. The van der Waals surface area contributed by atoms with Crippen LogP contribution in [0.5, 0.6) is 0 Å². The molecule has 0 aliphatic heterocycles. The van der Waals surface area contributed by atoms with Gasteiger partial charge in [-0.3, -0.25) is 0 Å². The minimum Gasteiger partial charge on any atom is -0.312 e. The highest BCUT2D eigenvalue weighted by Gasteiger charge is 2.23. The van der Waals surface area contributed by atoms with Gasteiger partial charge in [-0.1, -0.05) is 52.8 Å². The molecule has 1 nitrogen and oxygen atoms in total. The maximum Gasteiger partial charge on any atom is 0.0378 e. The first-order valence-corrected chi connectivity index (χ1v) is 8.34. The lowest BCUT2D eigenvalue weighted by atomic mass is 9.84. The normalized spacial score (nSPS) is 12.6. The van der Waals surface area contributed by atoms with E-state index in [0.717, 1.165) is 13.1 Å². The summed E-state index contributed by atoms with van der Waals surface area (Å²) in [4.78, 5) is 1.50. The zero-order valence-corrected chi connectivity index (χ0v) is 14.4. The lowest BCUT2D eigenvalue weighted by molar-refractivity contribution is 0.543. The van der Waals surface area contributed by atoms with Crippen LogP contribution >= 0.6 is 11.3 Å². The molecule has 0 spiro atoms. The van der Waals surface area contributed by atoms with Crippen molar-refractivity contribution < 1.29 is 0 Å². The van der Waals surface area contributed by atoms with Crippen LogP contribution < -0.4 is 5.32 Å². The van der Waals surface area contributed by atoms with Gasteiger partial charge in [-0.2, -0.15) is 0 Å². The van der Waals surface area contributed by atoms with Crippen LogP contribution in [-0.4, -0.2) is 6.54 Å². The molecular weight excluding hydrogens is 262 g/mol. The van der Waals surface area contributed by atoms with Gasteiger partial charge in [0, 0.05) is 16.1 Å². The predicted molar refractivity (Wildman–Crippen MR) is 91.8 cm³/mol. The van der Waals surface area contributed by atoms with Crippen molar-refractivity contribution in [3.63, 3.8) is 0 Å². The van der Waals surface area contributed by atoms with Crippen molar-refractivity contribution >= 4 is 21.4 Å². The first kappa shape index (κ1) is 15.5. The van der Waals surface area contributed by atoms with E-state index in [1.807, 2.05) is 11.3 Å². The zero-order valence-electron chi connectivity index (χ0n) is 13.6. The van der Waals surface area contributed by atoms with Gasteiger partial charge in [-0.05, 0) is 41.3 Å². The molecule has 1 aromatic heterocycles. The fourth-order valence-corrected chi connectivity index (χ4v) is 4.18. The van der Waals surface area contributed by atoms with E-state index in [-0.39, 0.29) is 5.41 Å². The van der Waals surface area contributed by atoms with Crippen LogP contribution in [0, 0.1) is 12.8 Å². The van der Waals surface area contributed by atoms with Crippen LogP contribution in [0.4, 0.5) is 0 Å².